The van der Waals surface area contributed by atoms with E-state index in [1.807, 2.05) is 19.1 Å². The first kappa shape index (κ1) is 14.8. The molecule has 0 unspecified atom stereocenters. The van der Waals surface area contributed by atoms with Crippen LogP contribution in [0.2, 0.25) is 0 Å². The van der Waals surface area contributed by atoms with E-state index in [1.165, 1.54) is 0 Å². The largest absolute Gasteiger partial charge is 0.395 e. The molecule has 3 N–H and O–H groups in total. The second-order valence-corrected chi connectivity index (χ2v) is 4.58. The average Bonchev–Trinajstić information content (AvgIpc) is 2.98. The standard InChI is InChI=1S/C16H17N3O2/c1-12-5-6-15(13(8-12)4-2-3-7-20)16(21)18-10-14-9-17-11-19-14/h5-6,8-9,11,20H,3,7,10H2,1H3,(H,17,19)(H,18,21). The first-order chi connectivity index (χ1) is 10.2. The molecular weight excluding hydrogens is 266 g/mol. The summed E-state index contributed by atoms with van der Waals surface area (Å²) in [5.41, 5.74) is 3.08. The number of nitrogens with one attached hydrogen (secondary N) is 2. The first-order valence-corrected chi connectivity index (χ1v) is 6.66. The molecule has 0 spiro atoms. The van der Waals surface area contributed by atoms with E-state index in [9.17, 15) is 4.79 Å². The molecule has 108 valence electrons. The summed E-state index contributed by atoms with van der Waals surface area (Å²) >= 11 is 0. The molecule has 0 fully saturated rings. The summed E-state index contributed by atoms with van der Waals surface area (Å²) in [6.07, 6.45) is 3.62. The second-order valence-electron chi connectivity index (χ2n) is 4.58. The van der Waals surface area contributed by atoms with Crippen LogP contribution in [0.4, 0.5) is 0 Å². The molecular formula is C16H17N3O2. The maximum Gasteiger partial charge on any atom is 0.252 e. The molecule has 2 aromatic rings. The zero-order valence-corrected chi connectivity index (χ0v) is 11.8. The van der Waals surface area contributed by atoms with Gasteiger partial charge in [-0.1, -0.05) is 17.9 Å². The maximum atomic E-state index is 12.2. The third-order valence-corrected chi connectivity index (χ3v) is 2.87. The number of aromatic amines is 1. The van der Waals surface area contributed by atoms with Crippen LogP contribution in [-0.4, -0.2) is 27.6 Å². The van der Waals surface area contributed by atoms with Crippen molar-refractivity contribution in [3.63, 3.8) is 0 Å². The second kappa shape index (κ2) is 7.27. The first-order valence-electron chi connectivity index (χ1n) is 6.66. The SMILES string of the molecule is Cc1ccc(C(=O)NCc2cnc[nH]2)c(C#CCCO)c1. The Hall–Kier alpha value is -2.58. The highest BCUT2D eigenvalue weighted by Gasteiger charge is 2.10. The molecule has 0 aliphatic carbocycles. The highest BCUT2D eigenvalue weighted by molar-refractivity contribution is 5.96. The van der Waals surface area contributed by atoms with E-state index < -0.39 is 0 Å². The van der Waals surface area contributed by atoms with Gasteiger partial charge in [-0.25, -0.2) is 4.98 Å². The summed E-state index contributed by atoms with van der Waals surface area (Å²) in [4.78, 5) is 19.1. The lowest BCUT2D eigenvalue weighted by Crippen LogP contribution is -2.23. The lowest BCUT2D eigenvalue weighted by Gasteiger charge is -2.07. The fourth-order valence-corrected chi connectivity index (χ4v) is 1.83. The molecule has 0 bridgehead atoms. The number of hydrogen-bond acceptors (Lipinski definition) is 3. The van der Waals surface area contributed by atoms with Gasteiger partial charge in [0, 0.05) is 18.2 Å². The van der Waals surface area contributed by atoms with Gasteiger partial charge in [-0.15, -0.1) is 0 Å². The number of benzene rings is 1. The van der Waals surface area contributed by atoms with Crippen LogP contribution in [0.3, 0.4) is 0 Å². The Labute approximate surface area is 123 Å². The normalized spacial score (nSPS) is 9.81. The minimum absolute atomic E-state index is 0.0141. The number of imidazole rings is 1. The van der Waals surface area contributed by atoms with Crippen LogP contribution in [0.25, 0.3) is 0 Å². The van der Waals surface area contributed by atoms with Crippen LogP contribution in [-0.2, 0) is 6.54 Å². The number of aromatic nitrogens is 2. The van der Waals surface area contributed by atoms with Gasteiger partial charge in [0.15, 0.2) is 0 Å². The smallest absolute Gasteiger partial charge is 0.252 e. The van der Waals surface area contributed by atoms with Gasteiger partial charge in [0.05, 0.1) is 30.7 Å². The molecule has 0 aliphatic rings. The summed E-state index contributed by atoms with van der Waals surface area (Å²) in [5, 5.41) is 11.6. The number of hydrogen-bond donors (Lipinski definition) is 3. The minimum atomic E-state index is -0.183. The highest BCUT2D eigenvalue weighted by Crippen LogP contribution is 2.11. The third-order valence-electron chi connectivity index (χ3n) is 2.87. The predicted molar refractivity (Wildman–Crippen MR) is 79.5 cm³/mol. The van der Waals surface area contributed by atoms with E-state index >= 15 is 0 Å². The molecule has 0 radical (unpaired) electrons. The Bertz CT molecular complexity index is 667. The summed E-state index contributed by atoms with van der Waals surface area (Å²) in [6, 6.07) is 5.51. The fourth-order valence-electron chi connectivity index (χ4n) is 1.83. The number of H-pyrrole nitrogens is 1. The third kappa shape index (κ3) is 4.20. The van der Waals surface area contributed by atoms with Gasteiger partial charge >= 0.3 is 0 Å². The Morgan fingerprint density at radius 3 is 3.05 bits per heavy atom. The van der Waals surface area contributed by atoms with E-state index in [0.717, 1.165) is 11.3 Å². The lowest BCUT2D eigenvalue weighted by atomic mass is 10.0. The Morgan fingerprint density at radius 1 is 1.48 bits per heavy atom. The molecule has 0 aliphatic heterocycles. The molecule has 1 aromatic carbocycles. The van der Waals surface area contributed by atoms with Gasteiger partial charge in [0.2, 0.25) is 0 Å². The lowest BCUT2D eigenvalue weighted by molar-refractivity contribution is 0.0950. The number of amides is 1. The molecule has 1 heterocycles. The van der Waals surface area contributed by atoms with Crippen LogP contribution in [0, 0.1) is 18.8 Å². The Morgan fingerprint density at radius 2 is 2.33 bits per heavy atom. The molecule has 1 aromatic heterocycles. The van der Waals surface area contributed by atoms with Crippen LogP contribution >= 0.6 is 0 Å². The average molecular weight is 283 g/mol. The Kier molecular flexibility index (Phi) is 5.13. The molecule has 2 rings (SSSR count). The van der Waals surface area contributed by atoms with E-state index in [-0.39, 0.29) is 12.5 Å². The number of rotatable bonds is 4. The number of aliphatic hydroxyl groups excluding tert-OH is 1. The van der Waals surface area contributed by atoms with Gasteiger partial charge in [-0.05, 0) is 24.6 Å². The van der Waals surface area contributed by atoms with Crippen molar-refractivity contribution in [2.45, 2.75) is 19.9 Å². The zero-order valence-electron chi connectivity index (χ0n) is 11.8. The fraction of sp³-hybridized carbons (Fsp3) is 0.250. The zero-order chi connectivity index (χ0) is 15.1. The minimum Gasteiger partial charge on any atom is -0.395 e. The Balaban J connectivity index is 2.14. The van der Waals surface area contributed by atoms with E-state index in [4.69, 9.17) is 5.11 Å². The van der Waals surface area contributed by atoms with Crippen molar-refractivity contribution in [2.75, 3.05) is 6.61 Å². The summed E-state index contributed by atoms with van der Waals surface area (Å²) in [7, 11) is 0. The summed E-state index contributed by atoms with van der Waals surface area (Å²) in [5.74, 6) is 5.60. The summed E-state index contributed by atoms with van der Waals surface area (Å²) < 4.78 is 0. The molecule has 21 heavy (non-hydrogen) atoms. The van der Waals surface area contributed by atoms with Crippen molar-refractivity contribution in [3.8, 4) is 11.8 Å². The van der Waals surface area contributed by atoms with Gasteiger partial charge < -0.3 is 15.4 Å². The van der Waals surface area contributed by atoms with Gasteiger partial charge in [0.1, 0.15) is 0 Å². The van der Waals surface area contributed by atoms with Crippen molar-refractivity contribution in [1.82, 2.24) is 15.3 Å². The van der Waals surface area contributed by atoms with Crippen molar-refractivity contribution >= 4 is 5.91 Å². The van der Waals surface area contributed by atoms with Crippen LogP contribution < -0.4 is 5.32 Å². The van der Waals surface area contributed by atoms with Crippen LogP contribution in [0.15, 0.2) is 30.7 Å². The molecule has 1 amide bonds. The molecule has 5 nitrogen and oxygen atoms in total. The van der Waals surface area contributed by atoms with Crippen LogP contribution in [0.5, 0.6) is 0 Å². The van der Waals surface area contributed by atoms with Gasteiger partial charge in [-0.3, -0.25) is 4.79 Å². The van der Waals surface area contributed by atoms with Crippen molar-refractivity contribution < 1.29 is 9.90 Å². The monoisotopic (exact) mass is 283 g/mol. The molecule has 0 saturated carbocycles. The van der Waals surface area contributed by atoms with Crippen molar-refractivity contribution in [3.05, 3.63) is 53.1 Å². The number of aryl methyl sites for hydroxylation is 1. The quantitative estimate of drug-likeness (QED) is 0.742. The topological polar surface area (TPSA) is 78.0 Å². The molecule has 0 saturated heterocycles. The predicted octanol–water partition coefficient (Wildman–Crippen LogP) is 1.38. The van der Waals surface area contributed by atoms with E-state index in [1.54, 1.807) is 18.6 Å². The number of carbonyl (C=O) groups excluding carboxylic acids is 1. The van der Waals surface area contributed by atoms with Gasteiger partial charge in [-0.2, -0.15) is 0 Å². The number of carbonyl (C=O) groups is 1. The van der Waals surface area contributed by atoms with E-state index in [2.05, 4.69) is 27.1 Å². The number of aliphatic hydroxyl groups is 1. The maximum absolute atomic E-state index is 12.2. The molecule has 0 atom stereocenters. The van der Waals surface area contributed by atoms with Gasteiger partial charge in [0.25, 0.3) is 5.91 Å². The highest BCUT2D eigenvalue weighted by atomic mass is 16.2. The van der Waals surface area contributed by atoms with Crippen LogP contribution in [0.1, 0.15) is 33.6 Å². The molecule has 5 heteroatoms. The number of nitrogens with zero attached hydrogens (tertiary/aromatic N) is 1. The van der Waals surface area contributed by atoms with Crippen molar-refractivity contribution in [1.29, 1.82) is 0 Å². The van der Waals surface area contributed by atoms with Crippen molar-refractivity contribution in [2.24, 2.45) is 0 Å². The summed E-state index contributed by atoms with van der Waals surface area (Å²) in [6.45, 7) is 2.35. The van der Waals surface area contributed by atoms with E-state index in [0.29, 0.717) is 24.1 Å².